The Labute approximate surface area is 114 Å². The van der Waals surface area contributed by atoms with Crippen molar-refractivity contribution in [3.63, 3.8) is 0 Å². The van der Waals surface area contributed by atoms with Gasteiger partial charge < -0.3 is 15.2 Å². The average Bonchev–Trinajstić information content (AvgIpc) is 2.38. The first kappa shape index (κ1) is 12.8. The second kappa shape index (κ2) is 5.02. The zero-order valence-electron chi connectivity index (χ0n) is 11.5. The van der Waals surface area contributed by atoms with E-state index < -0.39 is 0 Å². The highest BCUT2D eigenvalue weighted by molar-refractivity contribution is 5.54. The van der Waals surface area contributed by atoms with Crippen LogP contribution >= 0.6 is 0 Å². The molecule has 19 heavy (non-hydrogen) atoms. The molecule has 0 radical (unpaired) electrons. The summed E-state index contributed by atoms with van der Waals surface area (Å²) in [6.07, 6.45) is 2.43. The van der Waals surface area contributed by atoms with Crippen molar-refractivity contribution in [2.45, 2.75) is 19.4 Å². The zero-order valence-corrected chi connectivity index (χ0v) is 11.5. The molecule has 2 fully saturated rings. The van der Waals surface area contributed by atoms with E-state index in [9.17, 15) is 0 Å². The molecule has 0 aliphatic carbocycles. The van der Waals surface area contributed by atoms with Crippen LogP contribution in [0.4, 0.5) is 5.69 Å². The van der Waals surface area contributed by atoms with Crippen LogP contribution in [0.2, 0.25) is 0 Å². The van der Waals surface area contributed by atoms with Gasteiger partial charge in [0.25, 0.3) is 0 Å². The number of nitrogen functional groups attached to an aromatic ring is 1. The molecule has 1 aromatic rings. The molecule has 104 valence electrons. The molecule has 1 spiro atoms. The Kier molecular flexibility index (Phi) is 3.37. The maximum absolute atomic E-state index is 5.94. The lowest BCUT2D eigenvalue weighted by Gasteiger charge is -2.52. The third kappa shape index (κ3) is 2.55. The van der Waals surface area contributed by atoms with Gasteiger partial charge in [-0.2, -0.15) is 0 Å². The minimum Gasteiger partial charge on any atom is -0.495 e. The largest absolute Gasteiger partial charge is 0.495 e. The predicted octanol–water partition coefficient (Wildman–Crippen LogP) is 1.89. The number of nitrogens with two attached hydrogens (primary N) is 1. The number of nitrogens with zero attached hydrogens (tertiary/aromatic N) is 1. The van der Waals surface area contributed by atoms with Crippen molar-refractivity contribution < 1.29 is 9.47 Å². The van der Waals surface area contributed by atoms with Gasteiger partial charge in [0.15, 0.2) is 0 Å². The third-order valence-electron chi connectivity index (χ3n) is 4.37. The molecule has 0 saturated carbocycles. The van der Waals surface area contributed by atoms with Crippen molar-refractivity contribution in [2.75, 3.05) is 39.1 Å². The number of ether oxygens (including phenoxy) is 2. The van der Waals surface area contributed by atoms with E-state index in [1.165, 1.54) is 31.5 Å². The minimum atomic E-state index is 0.538. The van der Waals surface area contributed by atoms with E-state index in [0.717, 1.165) is 31.2 Å². The molecule has 2 aliphatic rings. The summed E-state index contributed by atoms with van der Waals surface area (Å²) in [6, 6.07) is 6.08. The SMILES string of the molecule is COc1ccc(CN2CC3(CCOCC3)C2)cc1N. The molecule has 2 saturated heterocycles. The summed E-state index contributed by atoms with van der Waals surface area (Å²) in [5, 5.41) is 0. The maximum atomic E-state index is 5.94. The van der Waals surface area contributed by atoms with Crippen LogP contribution in [0.5, 0.6) is 5.75 Å². The standard InChI is InChI=1S/C15H22N2O2/c1-18-14-3-2-12(8-13(14)16)9-17-10-15(11-17)4-6-19-7-5-15/h2-3,8H,4-7,9-11,16H2,1H3. The van der Waals surface area contributed by atoms with Crippen molar-refractivity contribution in [1.82, 2.24) is 4.90 Å². The summed E-state index contributed by atoms with van der Waals surface area (Å²) in [5.74, 6) is 0.758. The molecule has 3 rings (SSSR count). The molecule has 4 nitrogen and oxygen atoms in total. The second-order valence-corrected chi connectivity index (χ2v) is 5.83. The Hall–Kier alpha value is -1.26. The van der Waals surface area contributed by atoms with Crippen LogP contribution in [0.3, 0.4) is 0 Å². The van der Waals surface area contributed by atoms with Gasteiger partial charge in [0.2, 0.25) is 0 Å². The van der Waals surface area contributed by atoms with Crippen LogP contribution in [-0.2, 0) is 11.3 Å². The van der Waals surface area contributed by atoms with Crippen molar-refractivity contribution in [2.24, 2.45) is 5.41 Å². The minimum absolute atomic E-state index is 0.538. The van der Waals surface area contributed by atoms with E-state index in [0.29, 0.717) is 5.41 Å². The summed E-state index contributed by atoms with van der Waals surface area (Å²) in [5.41, 5.74) is 8.47. The monoisotopic (exact) mass is 262 g/mol. The zero-order chi connectivity index (χ0) is 13.3. The molecule has 2 N–H and O–H groups in total. The van der Waals surface area contributed by atoms with Gasteiger partial charge in [-0.15, -0.1) is 0 Å². The predicted molar refractivity (Wildman–Crippen MR) is 75.2 cm³/mol. The van der Waals surface area contributed by atoms with Crippen LogP contribution in [0.1, 0.15) is 18.4 Å². The summed E-state index contributed by atoms with van der Waals surface area (Å²) < 4.78 is 10.6. The van der Waals surface area contributed by atoms with E-state index in [4.69, 9.17) is 15.2 Å². The fourth-order valence-electron chi connectivity index (χ4n) is 3.28. The molecular formula is C15H22N2O2. The van der Waals surface area contributed by atoms with E-state index in [-0.39, 0.29) is 0 Å². The van der Waals surface area contributed by atoms with Crippen molar-refractivity contribution in [1.29, 1.82) is 0 Å². The van der Waals surface area contributed by atoms with Crippen LogP contribution in [0.25, 0.3) is 0 Å². The van der Waals surface area contributed by atoms with E-state index >= 15 is 0 Å². The number of hydrogen-bond acceptors (Lipinski definition) is 4. The smallest absolute Gasteiger partial charge is 0.141 e. The summed E-state index contributed by atoms with van der Waals surface area (Å²) in [6.45, 7) is 5.24. The molecule has 0 amide bonds. The highest BCUT2D eigenvalue weighted by Gasteiger charge is 2.43. The van der Waals surface area contributed by atoms with Gasteiger partial charge in [0.05, 0.1) is 12.8 Å². The lowest BCUT2D eigenvalue weighted by atomic mass is 9.73. The molecular weight excluding hydrogens is 240 g/mol. The van der Waals surface area contributed by atoms with Crippen molar-refractivity contribution in [3.05, 3.63) is 23.8 Å². The van der Waals surface area contributed by atoms with Crippen LogP contribution in [0, 0.1) is 5.41 Å². The Morgan fingerprint density at radius 2 is 2.05 bits per heavy atom. The van der Waals surface area contributed by atoms with Gasteiger partial charge in [-0.25, -0.2) is 0 Å². The fourth-order valence-corrected chi connectivity index (χ4v) is 3.28. The Morgan fingerprint density at radius 1 is 1.32 bits per heavy atom. The first-order valence-electron chi connectivity index (χ1n) is 6.93. The van der Waals surface area contributed by atoms with Crippen molar-refractivity contribution in [3.8, 4) is 5.75 Å². The molecule has 4 heteroatoms. The number of anilines is 1. The number of likely N-dealkylation sites (tertiary alicyclic amines) is 1. The Balaban J connectivity index is 1.57. The number of methoxy groups -OCH3 is 1. The maximum Gasteiger partial charge on any atom is 0.141 e. The highest BCUT2D eigenvalue weighted by atomic mass is 16.5. The second-order valence-electron chi connectivity index (χ2n) is 5.83. The van der Waals surface area contributed by atoms with E-state index in [1.54, 1.807) is 7.11 Å². The first-order chi connectivity index (χ1) is 9.21. The first-order valence-corrected chi connectivity index (χ1v) is 6.93. The molecule has 0 atom stereocenters. The third-order valence-corrected chi connectivity index (χ3v) is 4.37. The topological polar surface area (TPSA) is 47.7 Å². The normalized spacial score (nSPS) is 22.2. The molecule has 2 heterocycles. The van der Waals surface area contributed by atoms with Crippen molar-refractivity contribution >= 4 is 5.69 Å². The van der Waals surface area contributed by atoms with E-state index in [2.05, 4.69) is 11.0 Å². The van der Waals surface area contributed by atoms with Gasteiger partial charge in [-0.05, 0) is 30.5 Å². The lowest BCUT2D eigenvalue weighted by molar-refractivity contribution is -0.0838. The number of rotatable bonds is 3. The summed E-state index contributed by atoms with van der Waals surface area (Å²) in [4.78, 5) is 2.49. The summed E-state index contributed by atoms with van der Waals surface area (Å²) in [7, 11) is 1.65. The Bertz CT molecular complexity index is 447. The molecule has 0 aromatic heterocycles. The number of hydrogen-bond donors (Lipinski definition) is 1. The molecule has 0 bridgehead atoms. The Morgan fingerprint density at radius 3 is 2.68 bits per heavy atom. The van der Waals surface area contributed by atoms with Gasteiger partial charge in [0, 0.05) is 38.3 Å². The molecule has 2 aliphatic heterocycles. The van der Waals surface area contributed by atoms with Crippen LogP contribution in [-0.4, -0.2) is 38.3 Å². The van der Waals surface area contributed by atoms with Gasteiger partial charge in [-0.3, -0.25) is 4.90 Å². The van der Waals surface area contributed by atoms with E-state index in [1.807, 2.05) is 12.1 Å². The van der Waals surface area contributed by atoms with Gasteiger partial charge >= 0.3 is 0 Å². The number of benzene rings is 1. The highest BCUT2D eigenvalue weighted by Crippen LogP contribution is 2.40. The van der Waals surface area contributed by atoms with Crippen LogP contribution in [0.15, 0.2) is 18.2 Å². The average molecular weight is 262 g/mol. The summed E-state index contributed by atoms with van der Waals surface area (Å²) >= 11 is 0. The fraction of sp³-hybridized carbons (Fsp3) is 0.600. The molecule has 1 aromatic carbocycles. The molecule has 0 unspecified atom stereocenters. The van der Waals surface area contributed by atoms with Gasteiger partial charge in [0.1, 0.15) is 5.75 Å². The lowest BCUT2D eigenvalue weighted by Crippen LogP contribution is -2.57. The van der Waals surface area contributed by atoms with Crippen LogP contribution < -0.4 is 10.5 Å². The quantitative estimate of drug-likeness (QED) is 0.845. The van der Waals surface area contributed by atoms with Gasteiger partial charge in [-0.1, -0.05) is 6.07 Å².